The molecule has 5 heteroatoms. The lowest BCUT2D eigenvalue weighted by atomic mass is 9.94. The van der Waals surface area contributed by atoms with Crippen LogP contribution in [0.4, 0.5) is 4.39 Å². The number of hydrogen-bond donors (Lipinski definition) is 1. The second kappa shape index (κ2) is 6.53. The van der Waals surface area contributed by atoms with Gasteiger partial charge in [0.25, 0.3) is 5.91 Å². The predicted molar refractivity (Wildman–Crippen MR) is 75.6 cm³/mol. The van der Waals surface area contributed by atoms with Crippen LogP contribution in [0.15, 0.2) is 22.7 Å². The maximum absolute atomic E-state index is 13.0. The van der Waals surface area contributed by atoms with Crippen LogP contribution in [-0.2, 0) is 0 Å². The number of hydrogen-bond acceptors (Lipinski definition) is 1. The van der Waals surface area contributed by atoms with Crippen LogP contribution in [0.2, 0.25) is 0 Å². The minimum Gasteiger partial charge on any atom is -0.345 e. The van der Waals surface area contributed by atoms with Crippen LogP contribution in [0, 0.1) is 5.82 Å². The average molecular weight is 337 g/mol. The summed E-state index contributed by atoms with van der Waals surface area (Å²) in [6.45, 7) is 3.96. The Hall–Kier alpha value is -0.610. The third kappa shape index (κ3) is 3.45. The molecule has 0 saturated heterocycles. The number of halogens is 3. The van der Waals surface area contributed by atoms with E-state index in [9.17, 15) is 9.18 Å². The first-order valence-electron chi connectivity index (χ1n) is 5.81. The minimum atomic E-state index is -0.410. The SMILES string of the molecule is CCC(CC)(CCl)NC(=O)c1ccc(F)cc1Br. The molecule has 1 N–H and O–H groups in total. The van der Waals surface area contributed by atoms with Gasteiger partial charge in [0.15, 0.2) is 0 Å². The lowest BCUT2D eigenvalue weighted by molar-refractivity contribution is 0.0901. The predicted octanol–water partition coefficient (Wildman–Crippen LogP) is 4.12. The van der Waals surface area contributed by atoms with Gasteiger partial charge in [0.1, 0.15) is 5.82 Å². The summed E-state index contributed by atoms with van der Waals surface area (Å²) in [4.78, 5) is 12.1. The number of carbonyl (C=O) groups excluding carboxylic acids is 1. The Morgan fingerprint density at radius 3 is 2.50 bits per heavy atom. The molecule has 0 aliphatic heterocycles. The molecule has 0 atom stereocenters. The summed E-state index contributed by atoms with van der Waals surface area (Å²) in [5, 5.41) is 2.93. The van der Waals surface area contributed by atoms with Crippen molar-refractivity contribution in [3.8, 4) is 0 Å². The van der Waals surface area contributed by atoms with Crippen molar-refractivity contribution in [3.63, 3.8) is 0 Å². The zero-order valence-corrected chi connectivity index (χ0v) is 12.7. The lowest BCUT2D eigenvalue weighted by Crippen LogP contribution is -2.49. The first-order chi connectivity index (χ1) is 8.48. The van der Waals surface area contributed by atoms with Crippen LogP contribution in [0.3, 0.4) is 0 Å². The average Bonchev–Trinajstić information content (AvgIpc) is 2.36. The molecule has 0 spiro atoms. The van der Waals surface area contributed by atoms with Crippen molar-refractivity contribution in [3.05, 3.63) is 34.1 Å². The number of nitrogens with one attached hydrogen (secondary N) is 1. The first-order valence-corrected chi connectivity index (χ1v) is 7.14. The van der Waals surface area contributed by atoms with E-state index in [1.807, 2.05) is 13.8 Å². The number of amides is 1. The molecular weight excluding hydrogens is 321 g/mol. The molecule has 0 saturated carbocycles. The molecule has 0 aliphatic carbocycles. The molecule has 2 nitrogen and oxygen atoms in total. The van der Waals surface area contributed by atoms with Crippen molar-refractivity contribution in [2.75, 3.05) is 5.88 Å². The Morgan fingerprint density at radius 2 is 2.06 bits per heavy atom. The highest BCUT2D eigenvalue weighted by atomic mass is 79.9. The zero-order valence-electron chi connectivity index (χ0n) is 10.4. The maximum Gasteiger partial charge on any atom is 0.252 e. The van der Waals surface area contributed by atoms with Crippen LogP contribution < -0.4 is 5.32 Å². The molecule has 0 aliphatic rings. The van der Waals surface area contributed by atoms with E-state index in [0.717, 1.165) is 12.8 Å². The van der Waals surface area contributed by atoms with Crippen LogP contribution in [0.25, 0.3) is 0 Å². The smallest absolute Gasteiger partial charge is 0.252 e. The third-order valence-electron chi connectivity index (χ3n) is 3.16. The van der Waals surface area contributed by atoms with Gasteiger partial charge in [-0.1, -0.05) is 13.8 Å². The molecule has 1 aromatic carbocycles. The molecule has 0 heterocycles. The van der Waals surface area contributed by atoms with E-state index in [1.165, 1.54) is 18.2 Å². The number of rotatable bonds is 5. The molecule has 0 radical (unpaired) electrons. The van der Waals surface area contributed by atoms with Gasteiger partial charge in [-0.3, -0.25) is 4.79 Å². The molecule has 18 heavy (non-hydrogen) atoms. The molecular formula is C13H16BrClFNO. The van der Waals surface area contributed by atoms with Gasteiger partial charge < -0.3 is 5.32 Å². The summed E-state index contributed by atoms with van der Waals surface area (Å²) in [5.74, 6) is -0.274. The summed E-state index contributed by atoms with van der Waals surface area (Å²) in [6, 6.07) is 3.99. The highest BCUT2D eigenvalue weighted by molar-refractivity contribution is 9.10. The minimum absolute atomic E-state index is 0.244. The van der Waals surface area contributed by atoms with E-state index in [-0.39, 0.29) is 11.7 Å². The zero-order chi connectivity index (χ0) is 13.8. The Morgan fingerprint density at radius 1 is 1.44 bits per heavy atom. The van der Waals surface area contributed by atoms with E-state index in [2.05, 4.69) is 21.2 Å². The summed E-state index contributed by atoms with van der Waals surface area (Å²) in [7, 11) is 0. The second-order valence-corrected chi connectivity index (χ2v) is 5.32. The Bertz CT molecular complexity index is 427. The second-order valence-electron chi connectivity index (χ2n) is 4.20. The summed E-state index contributed by atoms with van der Waals surface area (Å²) < 4.78 is 13.4. The van der Waals surface area contributed by atoms with Gasteiger partial charge in [-0.15, -0.1) is 11.6 Å². The fourth-order valence-corrected chi connectivity index (χ4v) is 2.61. The van der Waals surface area contributed by atoms with Crippen LogP contribution in [0.5, 0.6) is 0 Å². The van der Waals surface area contributed by atoms with Gasteiger partial charge in [0, 0.05) is 10.4 Å². The highest BCUT2D eigenvalue weighted by Gasteiger charge is 2.28. The van der Waals surface area contributed by atoms with E-state index in [4.69, 9.17) is 11.6 Å². The third-order valence-corrected chi connectivity index (χ3v) is 4.33. The molecule has 1 rings (SSSR count). The van der Waals surface area contributed by atoms with Crippen LogP contribution >= 0.6 is 27.5 Å². The quantitative estimate of drug-likeness (QED) is 0.805. The van der Waals surface area contributed by atoms with Crippen molar-refractivity contribution in [1.82, 2.24) is 5.32 Å². The van der Waals surface area contributed by atoms with E-state index in [0.29, 0.717) is 15.9 Å². The van der Waals surface area contributed by atoms with Gasteiger partial charge in [0.2, 0.25) is 0 Å². The molecule has 0 unspecified atom stereocenters. The highest BCUT2D eigenvalue weighted by Crippen LogP contribution is 2.21. The van der Waals surface area contributed by atoms with E-state index < -0.39 is 5.54 Å². The first kappa shape index (κ1) is 15.4. The Balaban J connectivity index is 2.94. The fraction of sp³-hybridized carbons (Fsp3) is 0.462. The number of carbonyl (C=O) groups is 1. The van der Waals surface area contributed by atoms with Crippen molar-refractivity contribution in [2.24, 2.45) is 0 Å². The number of alkyl halides is 1. The van der Waals surface area contributed by atoms with Crippen molar-refractivity contribution >= 4 is 33.4 Å². The number of benzene rings is 1. The van der Waals surface area contributed by atoms with Crippen LogP contribution in [-0.4, -0.2) is 17.3 Å². The molecule has 0 bridgehead atoms. The van der Waals surface area contributed by atoms with E-state index >= 15 is 0 Å². The molecule has 0 aromatic heterocycles. The summed E-state index contributed by atoms with van der Waals surface area (Å²) in [5.41, 5.74) is -0.000261. The Kier molecular flexibility index (Phi) is 5.60. The molecule has 1 aromatic rings. The normalized spacial score (nSPS) is 11.4. The molecule has 1 amide bonds. The molecule has 100 valence electrons. The monoisotopic (exact) mass is 335 g/mol. The van der Waals surface area contributed by atoms with Crippen molar-refractivity contribution < 1.29 is 9.18 Å². The standard InChI is InChI=1S/C13H16BrClFNO/c1-3-13(4-2,8-15)17-12(18)10-6-5-9(16)7-11(10)14/h5-7H,3-4,8H2,1-2H3,(H,17,18). The fourth-order valence-electron chi connectivity index (χ4n) is 1.63. The summed E-state index contributed by atoms with van der Waals surface area (Å²) >= 11 is 9.12. The van der Waals surface area contributed by atoms with Gasteiger partial charge in [-0.2, -0.15) is 0 Å². The van der Waals surface area contributed by atoms with Gasteiger partial charge >= 0.3 is 0 Å². The topological polar surface area (TPSA) is 29.1 Å². The molecule has 0 fully saturated rings. The summed E-state index contributed by atoms with van der Waals surface area (Å²) in [6.07, 6.45) is 1.50. The van der Waals surface area contributed by atoms with Crippen LogP contribution in [0.1, 0.15) is 37.0 Å². The largest absolute Gasteiger partial charge is 0.345 e. The maximum atomic E-state index is 13.0. The lowest BCUT2D eigenvalue weighted by Gasteiger charge is -2.30. The van der Waals surface area contributed by atoms with Gasteiger partial charge in [-0.25, -0.2) is 4.39 Å². The van der Waals surface area contributed by atoms with E-state index in [1.54, 1.807) is 0 Å². The Labute approximate surface area is 120 Å². The van der Waals surface area contributed by atoms with Crippen molar-refractivity contribution in [2.45, 2.75) is 32.2 Å². The van der Waals surface area contributed by atoms with Crippen molar-refractivity contribution in [1.29, 1.82) is 0 Å². The van der Waals surface area contributed by atoms with Gasteiger partial charge in [-0.05, 0) is 47.0 Å². The van der Waals surface area contributed by atoms with Gasteiger partial charge in [0.05, 0.1) is 11.1 Å².